The fourth-order valence-corrected chi connectivity index (χ4v) is 1.52. The minimum Gasteiger partial charge on any atom is -0.354 e. The van der Waals surface area contributed by atoms with Crippen LogP contribution in [0.3, 0.4) is 0 Å². The SMILES string of the molecule is CC(C)NC(=O)Cc1ccc(I)cc1. The molecule has 0 spiro atoms. The Morgan fingerprint density at radius 3 is 2.43 bits per heavy atom. The standard InChI is InChI=1S/C11H14INO/c1-8(2)13-11(14)7-9-3-5-10(12)6-4-9/h3-6,8H,7H2,1-2H3,(H,13,14). The van der Waals surface area contributed by atoms with E-state index >= 15 is 0 Å². The molecule has 0 saturated heterocycles. The third kappa shape index (κ3) is 4.09. The predicted octanol–water partition coefficient (Wildman–Crippen LogP) is 2.36. The Hall–Kier alpha value is -0.580. The molecule has 76 valence electrons. The van der Waals surface area contributed by atoms with Crippen molar-refractivity contribution in [2.24, 2.45) is 0 Å². The summed E-state index contributed by atoms with van der Waals surface area (Å²) in [6.45, 7) is 3.93. The van der Waals surface area contributed by atoms with Crippen molar-refractivity contribution in [1.29, 1.82) is 0 Å². The second-order valence-corrected chi connectivity index (χ2v) is 4.77. The van der Waals surface area contributed by atoms with E-state index in [1.807, 2.05) is 38.1 Å². The highest BCUT2D eigenvalue weighted by atomic mass is 127. The zero-order valence-corrected chi connectivity index (χ0v) is 10.5. The summed E-state index contributed by atoms with van der Waals surface area (Å²) in [6.07, 6.45) is 0.467. The van der Waals surface area contributed by atoms with Crippen LogP contribution >= 0.6 is 22.6 Å². The second kappa shape index (κ2) is 5.34. The van der Waals surface area contributed by atoms with Crippen molar-refractivity contribution in [3.05, 3.63) is 33.4 Å². The summed E-state index contributed by atoms with van der Waals surface area (Å²) in [5.41, 5.74) is 1.06. The highest BCUT2D eigenvalue weighted by Crippen LogP contribution is 2.07. The number of carbonyl (C=O) groups excluding carboxylic acids is 1. The van der Waals surface area contributed by atoms with Crippen molar-refractivity contribution in [3.8, 4) is 0 Å². The Morgan fingerprint density at radius 2 is 1.93 bits per heavy atom. The molecule has 1 N–H and O–H groups in total. The number of amides is 1. The predicted molar refractivity (Wildman–Crippen MR) is 66.1 cm³/mol. The van der Waals surface area contributed by atoms with Crippen molar-refractivity contribution < 1.29 is 4.79 Å². The van der Waals surface area contributed by atoms with E-state index in [0.29, 0.717) is 6.42 Å². The number of nitrogens with one attached hydrogen (secondary N) is 1. The van der Waals surface area contributed by atoms with Gasteiger partial charge in [0.05, 0.1) is 6.42 Å². The Kier molecular flexibility index (Phi) is 4.38. The van der Waals surface area contributed by atoms with E-state index in [1.54, 1.807) is 0 Å². The van der Waals surface area contributed by atoms with E-state index in [1.165, 1.54) is 3.57 Å². The van der Waals surface area contributed by atoms with Gasteiger partial charge in [-0.3, -0.25) is 4.79 Å². The number of hydrogen-bond donors (Lipinski definition) is 1. The molecule has 2 nitrogen and oxygen atoms in total. The van der Waals surface area contributed by atoms with Gasteiger partial charge in [0, 0.05) is 9.61 Å². The van der Waals surface area contributed by atoms with Gasteiger partial charge in [-0.1, -0.05) is 12.1 Å². The number of benzene rings is 1. The summed E-state index contributed by atoms with van der Waals surface area (Å²) in [5, 5.41) is 2.87. The van der Waals surface area contributed by atoms with Crippen LogP contribution in [0.25, 0.3) is 0 Å². The van der Waals surface area contributed by atoms with E-state index in [9.17, 15) is 4.79 Å². The topological polar surface area (TPSA) is 29.1 Å². The minimum absolute atomic E-state index is 0.0845. The van der Waals surface area contributed by atoms with Crippen LogP contribution in [-0.2, 0) is 11.2 Å². The maximum Gasteiger partial charge on any atom is 0.224 e. The molecule has 1 aromatic carbocycles. The molecule has 14 heavy (non-hydrogen) atoms. The van der Waals surface area contributed by atoms with Crippen molar-refractivity contribution in [3.63, 3.8) is 0 Å². The fourth-order valence-electron chi connectivity index (χ4n) is 1.16. The lowest BCUT2D eigenvalue weighted by atomic mass is 10.1. The van der Waals surface area contributed by atoms with Gasteiger partial charge in [-0.2, -0.15) is 0 Å². The average molecular weight is 303 g/mol. The van der Waals surface area contributed by atoms with Gasteiger partial charge in [0.25, 0.3) is 0 Å². The summed E-state index contributed by atoms with van der Waals surface area (Å²) >= 11 is 2.25. The first-order valence-corrected chi connectivity index (χ1v) is 5.69. The summed E-state index contributed by atoms with van der Waals surface area (Å²) in [5.74, 6) is 0.0845. The molecule has 0 heterocycles. The van der Waals surface area contributed by atoms with Gasteiger partial charge in [-0.25, -0.2) is 0 Å². The van der Waals surface area contributed by atoms with Crippen LogP contribution in [0.4, 0.5) is 0 Å². The lowest BCUT2D eigenvalue weighted by Crippen LogP contribution is -2.31. The van der Waals surface area contributed by atoms with Crippen LogP contribution in [0.5, 0.6) is 0 Å². The van der Waals surface area contributed by atoms with Gasteiger partial charge < -0.3 is 5.32 Å². The van der Waals surface area contributed by atoms with Crippen molar-refractivity contribution in [1.82, 2.24) is 5.32 Å². The van der Waals surface area contributed by atoms with E-state index in [-0.39, 0.29) is 11.9 Å². The highest BCUT2D eigenvalue weighted by molar-refractivity contribution is 14.1. The fraction of sp³-hybridized carbons (Fsp3) is 0.364. The van der Waals surface area contributed by atoms with E-state index in [2.05, 4.69) is 27.9 Å². The van der Waals surface area contributed by atoms with Gasteiger partial charge in [0.1, 0.15) is 0 Å². The van der Waals surface area contributed by atoms with Gasteiger partial charge in [-0.05, 0) is 54.1 Å². The Labute approximate surface area is 98.2 Å². The minimum atomic E-state index is 0.0845. The molecule has 1 rings (SSSR count). The van der Waals surface area contributed by atoms with Gasteiger partial charge in [0.2, 0.25) is 5.91 Å². The third-order valence-corrected chi connectivity index (χ3v) is 2.45. The lowest BCUT2D eigenvalue weighted by Gasteiger charge is -2.07. The maximum absolute atomic E-state index is 11.4. The number of rotatable bonds is 3. The maximum atomic E-state index is 11.4. The largest absolute Gasteiger partial charge is 0.354 e. The number of hydrogen-bond acceptors (Lipinski definition) is 1. The first-order chi connectivity index (χ1) is 6.58. The van der Waals surface area contributed by atoms with Gasteiger partial charge in [0.15, 0.2) is 0 Å². The normalized spacial score (nSPS) is 10.3. The van der Waals surface area contributed by atoms with Crippen LogP contribution < -0.4 is 5.32 Å². The Balaban J connectivity index is 2.52. The summed E-state index contributed by atoms with van der Waals surface area (Å²) < 4.78 is 1.19. The van der Waals surface area contributed by atoms with Crippen molar-refractivity contribution in [2.75, 3.05) is 0 Å². The van der Waals surface area contributed by atoms with Crippen molar-refractivity contribution >= 4 is 28.5 Å². The molecule has 0 aliphatic rings. The molecule has 0 fully saturated rings. The molecule has 3 heteroatoms. The first-order valence-electron chi connectivity index (χ1n) is 4.61. The number of carbonyl (C=O) groups is 1. The zero-order chi connectivity index (χ0) is 10.6. The van der Waals surface area contributed by atoms with Crippen LogP contribution in [0.2, 0.25) is 0 Å². The molecule has 1 aromatic rings. The molecule has 1 amide bonds. The molecule has 0 aliphatic carbocycles. The number of halogens is 1. The summed E-state index contributed by atoms with van der Waals surface area (Å²) in [4.78, 5) is 11.4. The van der Waals surface area contributed by atoms with Crippen molar-refractivity contribution in [2.45, 2.75) is 26.3 Å². The molecule has 0 unspecified atom stereocenters. The molecule has 0 saturated carbocycles. The Bertz CT molecular complexity index is 306. The van der Waals surface area contributed by atoms with E-state index in [0.717, 1.165) is 5.56 Å². The second-order valence-electron chi connectivity index (χ2n) is 3.53. The molecule has 0 aliphatic heterocycles. The van der Waals surface area contributed by atoms with Crippen LogP contribution in [0.15, 0.2) is 24.3 Å². The monoisotopic (exact) mass is 303 g/mol. The van der Waals surface area contributed by atoms with Crippen LogP contribution in [0, 0.1) is 3.57 Å². The molecule has 0 aromatic heterocycles. The van der Waals surface area contributed by atoms with E-state index in [4.69, 9.17) is 0 Å². The molecular weight excluding hydrogens is 289 g/mol. The smallest absolute Gasteiger partial charge is 0.224 e. The first kappa shape index (κ1) is 11.5. The Morgan fingerprint density at radius 1 is 1.36 bits per heavy atom. The summed E-state index contributed by atoms with van der Waals surface area (Å²) in [7, 11) is 0. The van der Waals surface area contributed by atoms with Crippen LogP contribution in [-0.4, -0.2) is 11.9 Å². The zero-order valence-electron chi connectivity index (χ0n) is 8.38. The quantitative estimate of drug-likeness (QED) is 0.853. The molecular formula is C11H14INO. The van der Waals surface area contributed by atoms with Gasteiger partial charge in [-0.15, -0.1) is 0 Å². The highest BCUT2D eigenvalue weighted by Gasteiger charge is 2.03. The lowest BCUT2D eigenvalue weighted by molar-refractivity contribution is -0.120. The summed E-state index contributed by atoms with van der Waals surface area (Å²) in [6, 6.07) is 8.21. The molecule has 0 bridgehead atoms. The molecule has 0 atom stereocenters. The van der Waals surface area contributed by atoms with Crippen LogP contribution in [0.1, 0.15) is 19.4 Å². The van der Waals surface area contributed by atoms with E-state index < -0.39 is 0 Å². The van der Waals surface area contributed by atoms with Gasteiger partial charge >= 0.3 is 0 Å². The third-order valence-electron chi connectivity index (χ3n) is 1.73. The average Bonchev–Trinajstić information content (AvgIpc) is 2.07. The molecule has 0 radical (unpaired) electrons.